The summed E-state index contributed by atoms with van der Waals surface area (Å²) in [5.74, 6) is 0.0216. The van der Waals surface area contributed by atoms with Gasteiger partial charge in [0.05, 0.1) is 17.6 Å². The number of piperazine rings is 1. The second kappa shape index (κ2) is 8.09. The number of rotatable bonds is 3. The van der Waals surface area contributed by atoms with E-state index in [1.165, 1.54) is 4.68 Å². The van der Waals surface area contributed by atoms with Gasteiger partial charge >= 0.3 is 0 Å². The van der Waals surface area contributed by atoms with Gasteiger partial charge < -0.3 is 9.80 Å². The van der Waals surface area contributed by atoms with Crippen molar-refractivity contribution in [1.29, 1.82) is 0 Å². The molecule has 1 amide bonds. The van der Waals surface area contributed by atoms with E-state index in [1.807, 2.05) is 59.2 Å². The zero-order valence-electron chi connectivity index (χ0n) is 16.1. The van der Waals surface area contributed by atoms with Crippen LogP contribution < -0.4 is 10.5 Å². The SMILES string of the molecule is Cc1ccc(C(=O)N2CCN(c3cnn(-c4ccccc4)c(=O)c3Cl)CC2)cc1. The van der Waals surface area contributed by atoms with Gasteiger partial charge in [0.15, 0.2) is 0 Å². The number of para-hydroxylation sites is 1. The topological polar surface area (TPSA) is 58.4 Å². The molecule has 1 aliphatic rings. The van der Waals surface area contributed by atoms with E-state index >= 15 is 0 Å². The molecule has 2 aromatic carbocycles. The Morgan fingerprint density at radius 3 is 2.28 bits per heavy atom. The quantitative estimate of drug-likeness (QED) is 0.668. The van der Waals surface area contributed by atoms with Crippen LogP contribution in [0.4, 0.5) is 5.69 Å². The number of carbonyl (C=O) groups excluding carboxylic acids is 1. The summed E-state index contributed by atoms with van der Waals surface area (Å²) in [6.07, 6.45) is 1.62. The van der Waals surface area contributed by atoms with Gasteiger partial charge in [-0.2, -0.15) is 9.78 Å². The lowest BCUT2D eigenvalue weighted by molar-refractivity contribution is 0.0747. The molecule has 0 saturated carbocycles. The largest absolute Gasteiger partial charge is 0.365 e. The van der Waals surface area contributed by atoms with Crippen LogP contribution in [0.15, 0.2) is 65.6 Å². The van der Waals surface area contributed by atoms with Crippen LogP contribution in [-0.2, 0) is 0 Å². The molecule has 0 N–H and O–H groups in total. The molecule has 148 valence electrons. The first kappa shape index (κ1) is 19.2. The molecule has 1 aliphatic heterocycles. The molecule has 2 heterocycles. The van der Waals surface area contributed by atoms with Gasteiger partial charge in [-0.1, -0.05) is 47.5 Å². The molecule has 1 aromatic heterocycles. The maximum absolute atomic E-state index is 12.7. The highest BCUT2D eigenvalue weighted by Gasteiger charge is 2.24. The Balaban J connectivity index is 1.49. The van der Waals surface area contributed by atoms with E-state index in [2.05, 4.69) is 5.10 Å². The van der Waals surface area contributed by atoms with E-state index in [-0.39, 0.29) is 16.5 Å². The van der Waals surface area contributed by atoms with Gasteiger partial charge in [0.25, 0.3) is 11.5 Å². The van der Waals surface area contributed by atoms with Gasteiger partial charge in [-0.25, -0.2) is 0 Å². The van der Waals surface area contributed by atoms with Gasteiger partial charge in [-0.3, -0.25) is 9.59 Å². The number of anilines is 1. The van der Waals surface area contributed by atoms with Gasteiger partial charge in [0.2, 0.25) is 0 Å². The molecule has 0 unspecified atom stereocenters. The third-order valence-corrected chi connectivity index (χ3v) is 5.46. The lowest BCUT2D eigenvalue weighted by atomic mass is 10.1. The normalized spacial score (nSPS) is 14.1. The number of amides is 1. The van der Waals surface area contributed by atoms with Crippen LogP contribution >= 0.6 is 11.6 Å². The maximum atomic E-state index is 12.7. The first-order valence-corrected chi connectivity index (χ1v) is 9.86. The molecule has 6 nitrogen and oxygen atoms in total. The Morgan fingerprint density at radius 1 is 0.966 bits per heavy atom. The van der Waals surface area contributed by atoms with Crippen LogP contribution in [0.3, 0.4) is 0 Å². The number of hydrogen-bond donors (Lipinski definition) is 0. The predicted octanol–water partition coefficient (Wildman–Crippen LogP) is 3.16. The third kappa shape index (κ3) is 3.89. The minimum Gasteiger partial charge on any atom is -0.365 e. The standard InChI is InChI=1S/C22H21ClN4O2/c1-16-7-9-17(10-8-16)21(28)26-13-11-25(12-14-26)19-15-24-27(22(29)20(19)23)18-5-3-2-4-6-18/h2-10,15H,11-14H2,1H3. The first-order chi connectivity index (χ1) is 14.0. The van der Waals surface area contributed by atoms with Crippen molar-refractivity contribution in [2.75, 3.05) is 31.1 Å². The fraction of sp³-hybridized carbons (Fsp3) is 0.227. The number of halogens is 1. The van der Waals surface area contributed by atoms with Crippen LogP contribution in [-0.4, -0.2) is 46.8 Å². The zero-order chi connectivity index (χ0) is 20.4. The molecule has 7 heteroatoms. The second-order valence-corrected chi connectivity index (χ2v) is 7.42. The Kier molecular flexibility index (Phi) is 5.36. The third-order valence-electron chi connectivity index (χ3n) is 5.11. The Bertz CT molecular complexity index is 1070. The molecule has 29 heavy (non-hydrogen) atoms. The van der Waals surface area contributed by atoms with Crippen molar-refractivity contribution in [2.24, 2.45) is 0 Å². The second-order valence-electron chi connectivity index (χ2n) is 7.04. The highest BCUT2D eigenvalue weighted by atomic mass is 35.5. The first-order valence-electron chi connectivity index (χ1n) is 9.49. The average Bonchev–Trinajstić information content (AvgIpc) is 2.76. The van der Waals surface area contributed by atoms with Crippen molar-refractivity contribution in [3.8, 4) is 5.69 Å². The van der Waals surface area contributed by atoms with E-state index in [4.69, 9.17) is 11.6 Å². The smallest absolute Gasteiger partial charge is 0.292 e. The molecule has 1 saturated heterocycles. The fourth-order valence-electron chi connectivity index (χ4n) is 3.43. The summed E-state index contributed by atoms with van der Waals surface area (Å²) in [6, 6.07) is 16.8. The molecule has 0 atom stereocenters. The average molecular weight is 409 g/mol. The fourth-order valence-corrected chi connectivity index (χ4v) is 3.68. The van der Waals surface area contributed by atoms with Crippen molar-refractivity contribution in [2.45, 2.75) is 6.92 Å². The summed E-state index contributed by atoms with van der Waals surface area (Å²) >= 11 is 6.40. The van der Waals surface area contributed by atoms with E-state index in [0.717, 1.165) is 5.56 Å². The van der Waals surface area contributed by atoms with E-state index in [9.17, 15) is 9.59 Å². The molecule has 4 rings (SSSR count). The highest BCUT2D eigenvalue weighted by Crippen LogP contribution is 2.23. The highest BCUT2D eigenvalue weighted by molar-refractivity contribution is 6.33. The van der Waals surface area contributed by atoms with Gasteiger partial charge in [0, 0.05) is 31.7 Å². The summed E-state index contributed by atoms with van der Waals surface area (Å²) in [5.41, 5.74) is 2.73. The molecular formula is C22H21ClN4O2. The van der Waals surface area contributed by atoms with Crippen LogP contribution in [0, 0.1) is 6.92 Å². The van der Waals surface area contributed by atoms with Crippen molar-refractivity contribution in [1.82, 2.24) is 14.7 Å². The summed E-state index contributed by atoms with van der Waals surface area (Å²) in [4.78, 5) is 29.2. The van der Waals surface area contributed by atoms with Gasteiger partial charge in [-0.05, 0) is 31.2 Å². The lowest BCUT2D eigenvalue weighted by Gasteiger charge is -2.36. The monoisotopic (exact) mass is 408 g/mol. The molecule has 1 fully saturated rings. The molecule has 0 radical (unpaired) electrons. The molecule has 0 aliphatic carbocycles. The molecule has 3 aromatic rings. The number of carbonyl (C=O) groups is 1. The molecule has 0 bridgehead atoms. The van der Waals surface area contributed by atoms with Crippen LogP contribution in [0.25, 0.3) is 5.69 Å². The number of aromatic nitrogens is 2. The van der Waals surface area contributed by atoms with E-state index in [0.29, 0.717) is 43.1 Å². The number of hydrogen-bond acceptors (Lipinski definition) is 4. The van der Waals surface area contributed by atoms with Crippen LogP contribution in [0.2, 0.25) is 5.02 Å². The van der Waals surface area contributed by atoms with Gasteiger partial charge in [0.1, 0.15) is 5.02 Å². The minimum atomic E-state index is -0.353. The van der Waals surface area contributed by atoms with Crippen molar-refractivity contribution < 1.29 is 4.79 Å². The van der Waals surface area contributed by atoms with Crippen LogP contribution in [0.5, 0.6) is 0 Å². The molecule has 0 spiro atoms. The molecular weight excluding hydrogens is 388 g/mol. The predicted molar refractivity (Wildman–Crippen MR) is 114 cm³/mol. The summed E-state index contributed by atoms with van der Waals surface area (Å²) in [6.45, 7) is 4.30. The summed E-state index contributed by atoms with van der Waals surface area (Å²) in [7, 11) is 0. The lowest BCUT2D eigenvalue weighted by Crippen LogP contribution is -2.49. The van der Waals surface area contributed by atoms with Crippen LogP contribution in [0.1, 0.15) is 15.9 Å². The van der Waals surface area contributed by atoms with E-state index in [1.54, 1.807) is 18.3 Å². The Hall–Kier alpha value is -3.12. The van der Waals surface area contributed by atoms with Gasteiger partial charge in [-0.15, -0.1) is 0 Å². The van der Waals surface area contributed by atoms with Crippen molar-refractivity contribution in [3.05, 3.63) is 87.3 Å². The number of nitrogens with zero attached hydrogens (tertiary/aromatic N) is 4. The maximum Gasteiger partial charge on any atom is 0.292 e. The summed E-state index contributed by atoms with van der Waals surface area (Å²) < 4.78 is 1.29. The zero-order valence-corrected chi connectivity index (χ0v) is 16.8. The van der Waals surface area contributed by atoms with Crippen molar-refractivity contribution in [3.63, 3.8) is 0 Å². The Morgan fingerprint density at radius 2 is 1.62 bits per heavy atom. The minimum absolute atomic E-state index is 0.0216. The van der Waals surface area contributed by atoms with Crippen molar-refractivity contribution >= 4 is 23.2 Å². The Labute approximate surface area is 173 Å². The summed E-state index contributed by atoms with van der Waals surface area (Å²) in [5, 5.41) is 4.43. The van der Waals surface area contributed by atoms with E-state index < -0.39 is 0 Å². The number of benzene rings is 2. The number of aryl methyl sites for hydroxylation is 1.